The summed E-state index contributed by atoms with van der Waals surface area (Å²) in [4.78, 5) is 38.8. The summed E-state index contributed by atoms with van der Waals surface area (Å²) in [6.45, 7) is 0. The molecule has 6 aliphatic carbocycles. The molecule has 0 fully saturated rings. The van der Waals surface area contributed by atoms with Crippen LogP contribution in [0.5, 0.6) is 0 Å². The maximum absolute atomic E-state index is 13.0. The highest BCUT2D eigenvalue weighted by atomic mass is 16.3. The minimum absolute atomic E-state index is 0.185. The molecule has 0 aliphatic heterocycles. The lowest BCUT2D eigenvalue weighted by Crippen LogP contribution is -2.45. The van der Waals surface area contributed by atoms with E-state index in [0.29, 0.717) is 0 Å². The van der Waals surface area contributed by atoms with Gasteiger partial charge in [0.15, 0.2) is 5.78 Å². The molecular formula is C26H16O4. The highest BCUT2D eigenvalue weighted by Crippen LogP contribution is 2.56. The average Bonchev–Trinajstić information content (AvgIpc) is 2.76. The Kier molecular flexibility index (Phi) is 2.85. The van der Waals surface area contributed by atoms with E-state index in [9.17, 15) is 19.5 Å². The van der Waals surface area contributed by atoms with Crippen molar-refractivity contribution in [1.29, 1.82) is 0 Å². The molecule has 3 aromatic rings. The topological polar surface area (TPSA) is 71.4 Å². The van der Waals surface area contributed by atoms with Crippen LogP contribution in [0, 0.1) is 0 Å². The van der Waals surface area contributed by atoms with Crippen LogP contribution in [0.1, 0.15) is 68.2 Å². The summed E-state index contributed by atoms with van der Waals surface area (Å²) >= 11 is 0. The normalized spacial score (nSPS) is 29.4. The first-order valence-corrected chi connectivity index (χ1v) is 10.2. The van der Waals surface area contributed by atoms with Crippen molar-refractivity contribution < 1.29 is 19.5 Å². The molecule has 5 unspecified atom stereocenters. The number of aliphatic hydroxyl groups excluding tert-OH is 1. The Bertz CT molecular complexity index is 1350. The van der Waals surface area contributed by atoms with Crippen LogP contribution in [0.2, 0.25) is 0 Å². The van der Waals surface area contributed by atoms with Gasteiger partial charge in [0.25, 0.3) is 0 Å². The van der Waals surface area contributed by atoms with Crippen LogP contribution >= 0.6 is 0 Å². The van der Waals surface area contributed by atoms with Crippen LogP contribution < -0.4 is 0 Å². The van der Waals surface area contributed by atoms with Crippen molar-refractivity contribution in [1.82, 2.24) is 0 Å². The minimum atomic E-state index is -1.08. The van der Waals surface area contributed by atoms with Gasteiger partial charge in [-0.1, -0.05) is 60.7 Å². The van der Waals surface area contributed by atoms with Gasteiger partial charge in [0.05, 0.1) is 17.8 Å². The summed E-state index contributed by atoms with van der Waals surface area (Å²) in [5.41, 5.74) is 7.19. The number of carbonyl (C=O) groups is 3. The van der Waals surface area contributed by atoms with E-state index in [1.54, 1.807) is 0 Å². The molecule has 0 heterocycles. The number of fused-ring (bicyclic) bond motifs is 2. The van der Waals surface area contributed by atoms with E-state index in [1.165, 1.54) is 0 Å². The fourth-order valence-corrected chi connectivity index (χ4v) is 6.28. The Labute approximate surface area is 172 Å². The summed E-state index contributed by atoms with van der Waals surface area (Å²) in [7, 11) is 0. The summed E-state index contributed by atoms with van der Waals surface area (Å²) in [5, 5.41) is 10.8. The first-order valence-electron chi connectivity index (χ1n) is 10.2. The maximum Gasteiger partial charge on any atom is 0.211 e. The second kappa shape index (κ2) is 5.21. The quantitative estimate of drug-likeness (QED) is 0.597. The molecule has 0 amide bonds. The summed E-state index contributed by atoms with van der Waals surface area (Å²) in [5.74, 6) is -3.06. The zero-order valence-corrected chi connectivity index (χ0v) is 15.8. The molecule has 0 radical (unpaired) electrons. The predicted molar refractivity (Wildman–Crippen MR) is 108 cm³/mol. The molecular weight excluding hydrogens is 376 g/mol. The van der Waals surface area contributed by atoms with Gasteiger partial charge in [0, 0.05) is 5.92 Å². The largest absolute Gasteiger partial charge is 0.384 e. The highest BCUT2D eigenvalue weighted by molar-refractivity contribution is 6.45. The van der Waals surface area contributed by atoms with Gasteiger partial charge in [-0.05, 0) is 44.5 Å². The van der Waals surface area contributed by atoms with Crippen LogP contribution in [0.25, 0.3) is 0 Å². The first-order chi connectivity index (χ1) is 14.6. The maximum atomic E-state index is 13.0. The average molecular weight is 392 g/mol. The van der Waals surface area contributed by atoms with Crippen molar-refractivity contribution in [3.05, 3.63) is 105 Å². The van der Waals surface area contributed by atoms with Crippen LogP contribution in [-0.4, -0.2) is 28.6 Å². The minimum Gasteiger partial charge on any atom is -0.384 e. The van der Waals surface area contributed by atoms with E-state index < -0.39 is 29.8 Å². The molecule has 0 saturated carbocycles. The Morgan fingerprint density at radius 3 is 1.53 bits per heavy atom. The number of rotatable bonds is 0. The third-order valence-electron chi connectivity index (χ3n) is 7.48. The number of Topliss-reactive ketones (excluding diaryl/α,β-unsaturated/α-hetero) is 3. The predicted octanol–water partition coefficient (Wildman–Crippen LogP) is 2.94. The Morgan fingerprint density at radius 2 is 0.967 bits per heavy atom. The molecule has 9 rings (SSSR count). The zero-order valence-electron chi connectivity index (χ0n) is 15.8. The van der Waals surface area contributed by atoms with Crippen molar-refractivity contribution in [2.24, 2.45) is 0 Å². The highest BCUT2D eigenvalue weighted by Gasteiger charge is 2.53. The number of aliphatic hydroxyl groups is 1. The second-order valence-electron chi connectivity index (χ2n) is 8.72. The number of hydrogen-bond donors (Lipinski definition) is 1. The van der Waals surface area contributed by atoms with E-state index >= 15 is 0 Å². The monoisotopic (exact) mass is 392 g/mol. The van der Waals surface area contributed by atoms with Crippen molar-refractivity contribution in [3.8, 4) is 0 Å². The van der Waals surface area contributed by atoms with Crippen LogP contribution in [0.3, 0.4) is 0 Å². The molecule has 4 heteroatoms. The van der Waals surface area contributed by atoms with Gasteiger partial charge in [-0.25, -0.2) is 0 Å². The van der Waals surface area contributed by atoms with Gasteiger partial charge in [0.2, 0.25) is 11.6 Å². The van der Waals surface area contributed by atoms with Crippen molar-refractivity contribution >= 4 is 17.3 Å². The summed E-state index contributed by atoms with van der Waals surface area (Å²) < 4.78 is 0. The van der Waals surface area contributed by atoms with Crippen molar-refractivity contribution in [3.63, 3.8) is 0 Å². The van der Waals surface area contributed by atoms with Crippen LogP contribution in [0.15, 0.2) is 60.7 Å². The lowest BCUT2D eigenvalue weighted by molar-refractivity contribution is -0.138. The van der Waals surface area contributed by atoms with E-state index in [1.807, 2.05) is 60.7 Å². The Hall–Kier alpha value is -3.37. The zero-order chi connectivity index (χ0) is 20.3. The first kappa shape index (κ1) is 16.4. The van der Waals surface area contributed by atoms with E-state index in [4.69, 9.17) is 0 Å². The fourth-order valence-electron chi connectivity index (χ4n) is 6.28. The van der Waals surface area contributed by atoms with Crippen LogP contribution in [-0.2, 0) is 14.4 Å². The van der Waals surface area contributed by atoms with Gasteiger partial charge in [-0.3, -0.25) is 14.4 Å². The third kappa shape index (κ3) is 1.67. The van der Waals surface area contributed by atoms with E-state index in [0.717, 1.165) is 44.5 Å². The van der Waals surface area contributed by atoms with E-state index in [2.05, 4.69) is 0 Å². The number of carbonyl (C=O) groups excluding carboxylic acids is 3. The number of ketones is 3. The summed E-state index contributed by atoms with van der Waals surface area (Å²) in [6, 6.07) is 19.4. The summed E-state index contributed by atoms with van der Waals surface area (Å²) in [6.07, 6.45) is -1.08. The molecule has 6 aliphatic rings. The smallest absolute Gasteiger partial charge is 0.211 e. The SMILES string of the molecule is O=C1C(=O)C2c3ccccc3C1c1cc3c(cc12)C1c2ccccc2C3C(=O)C1O. The van der Waals surface area contributed by atoms with E-state index in [-0.39, 0.29) is 17.3 Å². The lowest BCUT2D eigenvalue weighted by atomic mass is 9.57. The van der Waals surface area contributed by atoms with Crippen LogP contribution in [0.4, 0.5) is 0 Å². The van der Waals surface area contributed by atoms with Gasteiger partial charge < -0.3 is 5.11 Å². The molecule has 3 aromatic carbocycles. The third-order valence-corrected chi connectivity index (χ3v) is 7.48. The molecule has 30 heavy (non-hydrogen) atoms. The fraction of sp³-hybridized carbons (Fsp3) is 0.192. The molecule has 4 bridgehead atoms. The van der Waals surface area contributed by atoms with Crippen molar-refractivity contribution in [2.75, 3.05) is 0 Å². The Morgan fingerprint density at radius 1 is 0.533 bits per heavy atom. The molecule has 4 nitrogen and oxygen atoms in total. The second-order valence-corrected chi connectivity index (χ2v) is 8.72. The lowest BCUT2D eigenvalue weighted by Gasteiger charge is -2.45. The molecule has 0 aromatic heterocycles. The molecule has 5 atom stereocenters. The standard InChI is InChI=1S/C26H16O4/c27-23-19-11-5-1-2-6-12(11)20(24(23)28)16-10-18-17(9-15(16)19)21-13-7-3-4-8-14(13)22(18)26(30)25(21)29/h1-10,19-23,27H. The van der Waals surface area contributed by atoms with Crippen molar-refractivity contribution in [2.45, 2.75) is 29.8 Å². The molecule has 0 saturated heterocycles. The van der Waals surface area contributed by atoms with Gasteiger partial charge in [-0.2, -0.15) is 0 Å². The number of hydrogen-bond acceptors (Lipinski definition) is 4. The molecule has 1 N–H and O–H groups in total. The molecule has 0 spiro atoms. The van der Waals surface area contributed by atoms with Gasteiger partial charge in [0.1, 0.15) is 6.10 Å². The molecule has 144 valence electrons. The van der Waals surface area contributed by atoms with Gasteiger partial charge >= 0.3 is 0 Å². The number of benzene rings is 3. The van der Waals surface area contributed by atoms with Gasteiger partial charge in [-0.15, -0.1) is 0 Å². The Balaban J connectivity index is 1.54.